The average molecular weight is 383 g/mol. The molecule has 1 N–H and O–H groups in total. The molecule has 2 aromatic carbocycles. The molecule has 0 saturated carbocycles. The maximum atomic E-state index is 12.8. The summed E-state index contributed by atoms with van der Waals surface area (Å²) in [6, 6.07) is 18.6. The third-order valence-corrected chi connectivity index (χ3v) is 4.44. The number of carbonyl (C=O) groups excluding carboxylic acids is 2. The van der Waals surface area contributed by atoms with Crippen molar-refractivity contribution < 1.29 is 14.3 Å². The van der Waals surface area contributed by atoms with Gasteiger partial charge in [0.25, 0.3) is 5.91 Å². The fourth-order valence-corrected chi connectivity index (χ4v) is 2.77. The van der Waals surface area contributed by atoms with Crippen LogP contribution < -0.4 is 10.1 Å². The van der Waals surface area contributed by atoms with E-state index in [2.05, 4.69) is 5.32 Å². The molecule has 0 aliphatic rings. The summed E-state index contributed by atoms with van der Waals surface area (Å²) in [7, 11) is 0. The van der Waals surface area contributed by atoms with Crippen LogP contribution in [0.1, 0.15) is 26.3 Å². The molecule has 0 aromatic heterocycles. The summed E-state index contributed by atoms with van der Waals surface area (Å²) >= 11 is 0. The molecule has 28 heavy (non-hydrogen) atoms. The largest absolute Gasteiger partial charge is 0.484 e. The SMILES string of the molecule is CC(C)CNC(=O)C(C)N(CCc1ccccc1)C(=O)COc1ccccc1. The Hall–Kier alpha value is -2.82. The second-order valence-corrected chi connectivity index (χ2v) is 7.24. The van der Waals surface area contributed by atoms with Crippen LogP contribution in [0.25, 0.3) is 0 Å². The molecule has 0 heterocycles. The van der Waals surface area contributed by atoms with Crippen LogP contribution in [-0.4, -0.2) is 42.5 Å². The van der Waals surface area contributed by atoms with Crippen LogP contribution >= 0.6 is 0 Å². The minimum absolute atomic E-state index is 0.0966. The Labute approximate surface area is 167 Å². The maximum absolute atomic E-state index is 12.8. The molecule has 2 aromatic rings. The van der Waals surface area contributed by atoms with E-state index in [1.165, 1.54) is 0 Å². The second kappa shape index (κ2) is 11.1. The molecule has 0 fully saturated rings. The lowest BCUT2D eigenvalue weighted by Crippen LogP contribution is -2.50. The first-order chi connectivity index (χ1) is 13.5. The number of hydrogen-bond acceptors (Lipinski definition) is 3. The van der Waals surface area contributed by atoms with E-state index in [1.807, 2.05) is 62.4 Å². The number of para-hydroxylation sites is 1. The van der Waals surface area contributed by atoms with E-state index in [-0.39, 0.29) is 18.4 Å². The molecular weight excluding hydrogens is 352 g/mol. The monoisotopic (exact) mass is 382 g/mol. The van der Waals surface area contributed by atoms with Crippen molar-refractivity contribution in [2.75, 3.05) is 19.7 Å². The van der Waals surface area contributed by atoms with E-state index in [0.29, 0.717) is 31.2 Å². The fourth-order valence-electron chi connectivity index (χ4n) is 2.77. The summed E-state index contributed by atoms with van der Waals surface area (Å²) in [6.45, 7) is 6.79. The molecule has 150 valence electrons. The predicted molar refractivity (Wildman–Crippen MR) is 111 cm³/mol. The van der Waals surface area contributed by atoms with Gasteiger partial charge in [-0.3, -0.25) is 9.59 Å². The molecule has 0 radical (unpaired) electrons. The van der Waals surface area contributed by atoms with Gasteiger partial charge < -0.3 is 15.0 Å². The van der Waals surface area contributed by atoms with E-state index in [9.17, 15) is 9.59 Å². The molecular formula is C23H30N2O3. The van der Waals surface area contributed by atoms with Crippen LogP contribution in [0.15, 0.2) is 60.7 Å². The molecule has 0 bridgehead atoms. The number of hydrogen-bond donors (Lipinski definition) is 1. The smallest absolute Gasteiger partial charge is 0.261 e. The summed E-state index contributed by atoms with van der Waals surface area (Å²) in [6.07, 6.45) is 0.680. The molecule has 0 aliphatic carbocycles. The molecule has 2 amide bonds. The van der Waals surface area contributed by atoms with Crippen molar-refractivity contribution in [3.8, 4) is 5.75 Å². The van der Waals surface area contributed by atoms with Gasteiger partial charge >= 0.3 is 0 Å². The van der Waals surface area contributed by atoms with Gasteiger partial charge in [0.2, 0.25) is 5.91 Å². The Balaban J connectivity index is 2.03. The first-order valence-electron chi connectivity index (χ1n) is 9.76. The van der Waals surface area contributed by atoms with Crippen LogP contribution in [0.2, 0.25) is 0 Å². The zero-order valence-corrected chi connectivity index (χ0v) is 16.9. The van der Waals surface area contributed by atoms with Gasteiger partial charge in [0.15, 0.2) is 6.61 Å². The highest BCUT2D eigenvalue weighted by Gasteiger charge is 2.26. The van der Waals surface area contributed by atoms with E-state index >= 15 is 0 Å². The van der Waals surface area contributed by atoms with Gasteiger partial charge in [-0.05, 0) is 37.0 Å². The third kappa shape index (κ3) is 7.06. The van der Waals surface area contributed by atoms with Crippen molar-refractivity contribution in [3.05, 3.63) is 66.2 Å². The number of ether oxygens (including phenoxy) is 1. The first kappa shape index (κ1) is 21.5. The Morgan fingerprint density at radius 3 is 2.18 bits per heavy atom. The molecule has 0 aliphatic heterocycles. The minimum atomic E-state index is -0.561. The molecule has 0 saturated heterocycles. The van der Waals surface area contributed by atoms with Crippen LogP contribution in [0.4, 0.5) is 0 Å². The van der Waals surface area contributed by atoms with Gasteiger partial charge in [-0.15, -0.1) is 0 Å². The van der Waals surface area contributed by atoms with Gasteiger partial charge in [-0.2, -0.15) is 0 Å². The lowest BCUT2D eigenvalue weighted by Gasteiger charge is -2.29. The number of rotatable bonds is 10. The lowest BCUT2D eigenvalue weighted by molar-refractivity contribution is -0.141. The zero-order chi connectivity index (χ0) is 20.4. The topological polar surface area (TPSA) is 58.6 Å². The quantitative estimate of drug-likeness (QED) is 0.686. The summed E-state index contributed by atoms with van der Waals surface area (Å²) < 4.78 is 5.61. The minimum Gasteiger partial charge on any atom is -0.484 e. The highest BCUT2D eigenvalue weighted by Crippen LogP contribution is 2.10. The summed E-state index contributed by atoms with van der Waals surface area (Å²) in [5.41, 5.74) is 1.12. The van der Waals surface area contributed by atoms with Crippen molar-refractivity contribution >= 4 is 11.8 Å². The fraction of sp³-hybridized carbons (Fsp3) is 0.391. The number of carbonyl (C=O) groups is 2. The van der Waals surface area contributed by atoms with Gasteiger partial charge in [0.1, 0.15) is 11.8 Å². The Morgan fingerprint density at radius 1 is 0.964 bits per heavy atom. The lowest BCUT2D eigenvalue weighted by atomic mass is 10.1. The normalized spacial score (nSPS) is 11.7. The standard InChI is InChI=1S/C23H30N2O3/c1-18(2)16-24-23(27)19(3)25(15-14-20-10-6-4-7-11-20)22(26)17-28-21-12-8-5-9-13-21/h4-13,18-19H,14-17H2,1-3H3,(H,24,27). The second-order valence-electron chi connectivity index (χ2n) is 7.24. The molecule has 2 rings (SSSR count). The third-order valence-electron chi connectivity index (χ3n) is 4.44. The molecule has 5 heteroatoms. The van der Waals surface area contributed by atoms with E-state index < -0.39 is 6.04 Å². The highest BCUT2D eigenvalue weighted by atomic mass is 16.5. The number of nitrogens with zero attached hydrogens (tertiary/aromatic N) is 1. The maximum Gasteiger partial charge on any atom is 0.261 e. The van der Waals surface area contributed by atoms with Crippen LogP contribution in [0, 0.1) is 5.92 Å². The van der Waals surface area contributed by atoms with Crippen LogP contribution in [0.3, 0.4) is 0 Å². The first-order valence-corrected chi connectivity index (χ1v) is 9.76. The van der Waals surface area contributed by atoms with Gasteiger partial charge in [-0.25, -0.2) is 0 Å². The Bertz CT molecular complexity index is 732. The van der Waals surface area contributed by atoms with E-state index in [4.69, 9.17) is 4.74 Å². The molecule has 1 unspecified atom stereocenters. The average Bonchev–Trinajstić information content (AvgIpc) is 2.72. The van der Waals surface area contributed by atoms with Crippen LogP contribution in [0.5, 0.6) is 5.75 Å². The van der Waals surface area contributed by atoms with Gasteiger partial charge in [0, 0.05) is 13.1 Å². The Kier molecular flexibility index (Phi) is 8.53. The summed E-state index contributed by atoms with van der Waals surface area (Å²) in [5.74, 6) is 0.642. The summed E-state index contributed by atoms with van der Waals surface area (Å²) in [5, 5.41) is 2.92. The van der Waals surface area contributed by atoms with Crippen molar-refractivity contribution in [2.45, 2.75) is 33.2 Å². The van der Waals surface area contributed by atoms with Crippen molar-refractivity contribution in [1.82, 2.24) is 10.2 Å². The zero-order valence-electron chi connectivity index (χ0n) is 16.9. The molecule has 5 nitrogen and oxygen atoms in total. The van der Waals surface area contributed by atoms with Gasteiger partial charge in [-0.1, -0.05) is 62.4 Å². The number of nitrogens with one attached hydrogen (secondary N) is 1. The van der Waals surface area contributed by atoms with Crippen LogP contribution in [-0.2, 0) is 16.0 Å². The van der Waals surface area contributed by atoms with Crippen molar-refractivity contribution in [1.29, 1.82) is 0 Å². The van der Waals surface area contributed by atoms with E-state index in [0.717, 1.165) is 5.56 Å². The Morgan fingerprint density at radius 2 is 1.57 bits per heavy atom. The molecule has 1 atom stereocenters. The summed E-state index contributed by atoms with van der Waals surface area (Å²) in [4.78, 5) is 27.0. The van der Waals surface area contributed by atoms with Gasteiger partial charge in [0.05, 0.1) is 0 Å². The number of benzene rings is 2. The molecule has 0 spiro atoms. The number of amides is 2. The predicted octanol–water partition coefficient (Wildman–Crippen LogP) is 3.30. The highest BCUT2D eigenvalue weighted by molar-refractivity contribution is 5.87. The van der Waals surface area contributed by atoms with Crippen molar-refractivity contribution in [2.24, 2.45) is 5.92 Å². The van der Waals surface area contributed by atoms with Crippen molar-refractivity contribution in [3.63, 3.8) is 0 Å². The van der Waals surface area contributed by atoms with E-state index in [1.54, 1.807) is 24.0 Å².